The van der Waals surface area contributed by atoms with Crippen molar-refractivity contribution >= 4 is 17.5 Å². The van der Waals surface area contributed by atoms with E-state index in [1.54, 1.807) is 23.2 Å². The van der Waals surface area contributed by atoms with Crippen molar-refractivity contribution in [2.24, 2.45) is 11.7 Å². The summed E-state index contributed by atoms with van der Waals surface area (Å²) in [6.45, 7) is 2.16. The number of carbonyl (C=O) groups is 2. The molecule has 0 aromatic carbocycles. The molecule has 0 saturated carbocycles. The number of hydrogen-bond acceptors (Lipinski definition) is 6. The molecule has 1 saturated heterocycles. The van der Waals surface area contributed by atoms with E-state index in [0.717, 1.165) is 0 Å². The minimum Gasteiger partial charge on any atom is -0.384 e. The molecule has 0 aliphatic carbocycles. The van der Waals surface area contributed by atoms with Gasteiger partial charge in [-0.15, -0.1) is 0 Å². The molecule has 0 radical (unpaired) electrons. The van der Waals surface area contributed by atoms with Crippen LogP contribution in [0.1, 0.15) is 43.0 Å². The predicted molar refractivity (Wildman–Crippen MR) is 103 cm³/mol. The van der Waals surface area contributed by atoms with Crippen LogP contribution in [0.15, 0.2) is 18.5 Å². The van der Waals surface area contributed by atoms with Gasteiger partial charge in [0.25, 0.3) is 5.91 Å². The van der Waals surface area contributed by atoms with Gasteiger partial charge in [-0.05, 0) is 31.7 Å². The lowest BCUT2D eigenvalue weighted by molar-refractivity contribution is -0.277. The Balaban J connectivity index is 2.25. The molecule has 1 aliphatic rings. The minimum atomic E-state index is -5.06. The Morgan fingerprint density at radius 3 is 2.73 bits per heavy atom. The number of halogens is 3. The Kier molecular flexibility index (Phi) is 7.64. The first-order chi connectivity index (χ1) is 14.0. The molecule has 3 atom stereocenters. The number of nitrogens with zero attached hydrogens (tertiary/aromatic N) is 2. The molecule has 2 amide bonds. The normalized spacial score (nSPS) is 21.7. The summed E-state index contributed by atoms with van der Waals surface area (Å²) >= 11 is 0. The first kappa shape index (κ1) is 23.9. The van der Waals surface area contributed by atoms with E-state index in [0.29, 0.717) is 25.1 Å². The number of aliphatic hydroxyl groups is 1. The van der Waals surface area contributed by atoms with Crippen molar-refractivity contribution in [3.05, 3.63) is 24.0 Å². The molecule has 168 valence electrons. The number of amides is 2. The van der Waals surface area contributed by atoms with Crippen LogP contribution in [-0.2, 0) is 9.53 Å². The fraction of sp³-hybridized carbons (Fsp3) is 0.632. The maximum Gasteiger partial charge on any atom is 0.436 e. The molecule has 2 rings (SSSR count). The van der Waals surface area contributed by atoms with Crippen LogP contribution in [0.5, 0.6) is 0 Å². The van der Waals surface area contributed by atoms with Crippen LogP contribution in [-0.4, -0.2) is 60.1 Å². The maximum atomic E-state index is 13.7. The predicted octanol–water partition coefficient (Wildman–Crippen LogP) is 1.58. The molecule has 11 heteroatoms. The fourth-order valence-corrected chi connectivity index (χ4v) is 3.77. The van der Waals surface area contributed by atoms with Gasteiger partial charge in [0.05, 0.1) is 24.3 Å². The molecular weight excluding hydrogens is 405 g/mol. The number of alkyl halides is 3. The van der Waals surface area contributed by atoms with Gasteiger partial charge >= 0.3 is 6.18 Å². The molecule has 2 heterocycles. The van der Waals surface area contributed by atoms with Crippen molar-refractivity contribution in [3.8, 4) is 0 Å². The standard InChI is InChI=1S/C19H27F3N4O4/c1-12-13(10-18(29,19(20,21)22)25-16(27)6-9-30-2)4-3-8-26(12)15-5-7-24-11-14(15)17(23)28/h5,7,11-13,29H,3-4,6,8-10H2,1-2H3,(H2,23,28)(H,25,27)/t12-,13?,18-/m1/s1. The summed E-state index contributed by atoms with van der Waals surface area (Å²) in [5, 5.41) is 12.1. The molecule has 8 nitrogen and oxygen atoms in total. The van der Waals surface area contributed by atoms with Crippen molar-refractivity contribution in [3.63, 3.8) is 0 Å². The van der Waals surface area contributed by atoms with Gasteiger partial charge < -0.3 is 25.8 Å². The Labute approximate surface area is 172 Å². The van der Waals surface area contributed by atoms with Gasteiger partial charge in [0.1, 0.15) is 0 Å². The van der Waals surface area contributed by atoms with Crippen molar-refractivity contribution in [1.29, 1.82) is 0 Å². The van der Waals surface area contributed by atoms with Crippen molar-refractivity contribution in [2.75, 3.05) is 25.2 Å². The fourth-order valence-electron chi connectivity index (χ4n) is 3.77. The zero-order chi connectivity index (χ0) is 22.5. The summed E-state index contributed by atoms with van der Waals surface area (Å²) in [5.41, 5.74) is 2.68. The number of nitrogens with two attached hydrogens (primary N) is 1. The van der Waals surface area contributed by atoms with E-state index in [4.69, 9.17) is 10.5 Å². The van der Waals surface area contributed by atoms with Crippen LogP contribution in [0.3, 0.4) is 0 Å². The van der Waals surface area contributed by atoms with E-state index >= 15 is 0 Å². The van der Waals surface area contributed by atoms with Gasteiger partial charge in [0.15, 0.2) is 0 Å². The highest BCUT2D eigenvalue weighted by Gasteiger charge is 2.56. The lowest BCUT2D eigenvalue weighted by Gasteiger charge is -2.44. The number of ether oxygens (including phenoxy) is 1. The highest BCUT2D eigenvalue weighted by atomic mass is 19.4. The Morgan fingerprint density at radius 1 is 1.43 bits per heavy atom. The number of pyridine rings is 1. The third-order valence-corrected chi connectivity index (χ3v) is 5.43. The maximum absolute atomic E-state index is 13.7. The van der Waals surface area contributed by atoms with Crippen LogP contribution >= 0.6 is 0 Å². The Morgan fingerprint density at radius 2 is 2.13 bits per heavy atom. The van der Waals surface area contributed by atoms with Gasteiger partial charge in [-0.2, -0.15) is 13.2 Å². The summed E-state index contributed by atoms with van der Waals surface area (Å²) in [6.07, 6.45) is -2.34. The van der Waals surface area contributed by atoms with Crippen LogP contribution in [0.2, 0.25) is 0 Å². The third kappa shape index (κ3) is 5.39. The van der Waals surface area contributed by atoms with Crippen LogP contribution < -0.4 is 16.0 Å². The number of carbonyl (C=O) groups excluding carboxylic acids is 2. The molecule has 0 bridgehead atoms. The number of aromatic nitrogens is 1. The molecular formula is C19H27F3N4O4. The average Bonchev–Trinajstić information content (AvgIpc) is 2.67. The largest absolute Gasteiger partial charge is 0.436 e. The number of methoxy groups -OCH3 is 1. The number of primary amides is 1. The summed E-state index contributed by atoms with van der Waals surface area (Å²) < 4.78 is 45.7. The van der Waals surface area contributed by atoms with Crippen molar-refractivity contribution < 1.29 is 32.6 Å². The number of rotatable bonds is 8. The molecule has 1 aromatic heterocycles. The van der Waals surface area contributed by atoms with E-state index in [2.05, 4.69) is 4.98 Å². The van der Waals surface area contributed by atoms with E-state index in [1.165, 1.54) is 19.5 Å². The summed E-state index contributed by atoms with van der Waals surface area (Å²) in [6, 6.07) is 1.13. The smallest absolute Gasteiger partial charge is 0.384 e. The monoisotopic (exact) mass is 432 g/mol. The molecule has 4 N–H and O–H groups in total. The lowest BCUT2D eigenvalue weighted by Crippen LogP contribution is -2.61. The van der Waals surface area contributed by atoms with Crippen molar-refractivity contribution in [1.82, 2.24) is 10.3 Å². The third-order valence-electron chi connectivity index (χ3n) is 5.43. The Bertz CT molecular complexity index is 762. The minimum absolute atomic E-state index is 0.0642. The van der Waals surface area contributed by atoms with Gasteiger partial charge in [0, 0.05) is 38.5 Å². The van der Waals surface area contributed by atoms with Crippen LogP contribution in [0.25, 0.3) is 0 Å². The van der Waals surface area contributed by atoms with Gasteiger partial charge in [-0.25, -0.2) is 0 Å². The molecule has 1 unspecified atom stereocenters. The number of nitrogens with one attached hydrogen (secondary N) is 1. The zero-order valence-electron chi connectivity index (χ0n) is 16.9. The number of anilines is 1. The van der Waals surface area contributed by atoms with E-state index in [1.807, 2.05) is 0 Å². The highest BCUT2D eigenvalue weighted by molar-refractivity contribution is 5.98. The molecule has 1 fully saturated rings. The van der Waals surface area contributed by atoms with E-state index in [9.17, 15) is 27.9 Å². The SMILES string of the molecule is COCCC(=O)N[C@@](O)(CC1CCCN(c2ccncc2C(N)=O)[C@@H]1C)C(F)(F)F. The number of hydrogen-bond donors (Lipinski definition) is 3. The molecule has 0 spiro atoms. The second-order valence-corrected chi connectivity index (χ2v) is 7.45. The first-order valence-electron chi connectivity index (χ1n) is 9.59. The van der Waals surface area contributed by atoms with E-state index < -0.39 is 42.1 Å². The first-order valence-corrected chi connectivity index (χ1v) is 9.59. The zero-order valence-corrected chi connectivity index (χ0v) is 16.9. The average molecular weight is 432 g/mol. The quantitative estimate of drug-likeness (QED) is 0.537. The van der Waals surface area contributed by atoms with Crippen LogP contribution in [0.4, 0.5) is 18.9 Å². The summed E-state index contributed by atoms with van der Waals surface area (Å²) in [4.78, 5) is 29.3. The topological polar surface area (TPSA) is 118 Å². The van der Waals surface area contributed by atoms with Gasteiger partial charge in [0.2, 0.25) is 11.6 Å². The molecule has 1 aromatic rings. The number of piperidine rings is 1. The van der Waals surface area contributed by atoms with Gasteiger partial charge in [-0.1, -0.05) is 0 Å². The second kappa shape index (κ2) is 9.61. The summed E-state index contributed by atoms with van der Waals surface area (Å²) in [5.74, 6) is -2.26. The summed E-state index contributed by atoms with van der Waals surface area (Å²) in [7, 11) is 1.32. The van der Waals surface area contributed by atoms with Gasteiger partial charge in [-0.3, -0.25) is 14.6 Å². The van der Waals surface area contributed by atoms with Crippen LogP contribution in [0, 0.1) is 5.92 Å². The van der Waals surface area contributed by atoms with Crippen molar-refractivity contribution in [2.45, 2.75) is 50.6 Å². The molecule has 1 aliphatic heterocycles. The molecule has 30 heavy (non-hydrogen) atoms. The van der Waals surface area contributed by atoms with E-state index in [-0.39, 0.29) is 18.6 Å². The highest BCUT2D eigenvalue weighted by Crippen LogP contribution is 2.39. The second-order valence-electron chi connectivity index (χ2n) is 7.45. The lowest BCUT2D eigenvalue weighted by atomic mass is 9.83. The Hall–Kier alpha value is -2.40.